The Labute approximate surface area is 97.8 Å². The van der Waals surface area contributed by atoms with Gasteiger partial charge in [0.2, 0.25) is 0 Å². The van der Waals surface area contributed by atoms with Crippen molar-refractivity contribution in [1.29, 1.82) is 0 Å². The van der Waals surface area contributed by atoms with Gasteiger partial charge in [-0.25, -0.2) is 0 Å². The fourth-order valence-electron chi connectivity index (χ4n) is 1.59. The summed E-state index contributed by atoms with van der Waals surface area (Å²) in [6.45, 7) is 4.67. The Hall–Kier alpha value is -1.06. The molecule has 0 saturated heterocycles. The van der Waals surface area contributed by atoms with E-state index in [4.69, 9.17) is 16.2 Å². The predicted molar refractivity (Wildman–Crippen MR) is 67.4 cm³/mol. The molecular formula is C13H22N2O. The summed E-state index contributed by atoms with van der Waals surface area (Å²) in [4.78, 5) is 0. The normalized spacial score (nSPS) is 14.5. The van der Waals surface area contributed by atoms with E-state index in [0.29, 0.717) is 6.61 Å². The number of rotatable bonds is 6. The summed E-state index contributed by atoms with van der Waals surface area (Å²) < 4.78 is 5.38. The van der Waals surface area contributed by atoms with Gasteiger partial charge in [0, 0.05) is 12.1 Å². The summed E-state index contributed by atoms with van der Waals surface area (Å²) in [7, 11) is 0. The first-order valence-electron chi connectivity index (χ1n) is 5.87. The maximum Gasteiger partial charge on any atom is 0.119 e. The van der Waals surface area contributed by atoms with Crippen LogP contribution in [0.4, 0.5) is 0 Å². The van der Waals surface area contributed by atoms with Crippen molar-refractivity contribution in [3.8, 4) is 5.75 Å². The molecule has 0 bridgehead atoms. The standard InChI is InChI=1S/C13H22N2O/c1-3-16-12-7-5-11(6-8-12)13(15)9-4-10(2)14/h5-8,10,13H,3-4,9,14-15H2,1-2H3. The minimum atomic E-state index is 0.0710. The Morgan fingerprint density at radius 3 is 2.25 bits per heavy atom. The molecule has 0 aliphatic carbocycles. The third-order valence-corrected chi connectivity index (χ3v) is 2.55. The van der Waals surface area contributed by atoms with Crippen LogP contribution in [0.3, 0.4) is 0 Å². The molecule has 3 heteroatoms. The van der Waals surface area contributed by atoms with E-state index in [1.807, 2.05) is 38.1 Å². The molecule has 0 amide bonds. The maximum atomic E-state index is 6.07. The van der Waals surface area contributed by atoms with Crippen molar-refractivity contribution in [3.05, 3.63) is 29.8 Å². The summed E-state index contributed by atoms with van der Waals surface area (Å²) in [5.74, 6) is 0.894. The van der Waals surface area contributed by atoms with Gasteiger partial charge in [-0.15, -0.1) is 0 Å². The van der Waals surface area contributed by atoms with Crippen LogP contribution in [0.2, 0.25) is 0 Å². The van der Waals surface area contributed by atoms with Gasteiger partial charge in [-0.2, -0.15) is 0 Å². The van der Waals surface area contributed by atoms with E-state index in [1.165, 1.54) is 0 Å². The molecule has 4 N–H and O–H groups in total. The molecule has 0 aliphatic heterocycles. The SMILES string of the molecule is CCOc1ccc(C(N)CCC(C)N)cc1. The zero-order valence-corrected chi connectivity index (χ0v) is 10.1. The average Bonchev–Trinajstić information content (AvgIpc) is 2.27. The van der Waals surface area contributed by atoms with Crippen LogP contribution in [0, 0.1) is 0 Å². The summed E-state index contributed by atoms with van der Waals surface area (Å²) in [5, 5.41) is 0. The lowest BCUT2D eigenvalue weighted by molar-refractivity contribution is 0.340. The van der Waals surface area contributed by atoms with Gasteiger partial charge in [0.1, 0.15) is 5.75 Å². The molecule has 0 aliphatic rings. The Bertz CT molecular complexity index is 295. The minimum absolute atomic E-state index is 0.0710. The molecule has 16 heavy (non-hydrogen) atoms. The van der Waals surface area contributed by atoms with Crippen LogP contribution in [0.15, 0.2) is 24.3 Å². The highest BCUT2D eigenvalue weighted by Crippen LogP contribution is 2.19. The van der Waals surface area contributed by atoms with Gasteiger partial charge in [-0.1, -0.05) is 12.1 Å². The van der Waals surface area contributed by atoms with E-state index in [9.17, 15) is 0 Å². The first kappa shape index (κ1) is 13.0. The van der Waals surface area contributed by atoms with Crippen LogP contribution in [0.25, 0.3) is 0 Å². The molecule has 1 aromatic carbocycles. The van der Waals surface area contributed by atoms with Crippen molar-refractivity contribution in [2.24, 2.45) is 11.5 Å². The zero-order chi connectivity index (χ0) is 12.0. The van der Waals surface area contributed by atoms with Crippen LogP contribution in [0.5, 0.6) is 5.75 Å². The Balaban J connectivity index is 2.52. The second-order valence-electron chi connectivity index (χ2n) is 4.16. The van der Waals surface area contributed by atoms with Crippen molar-refractivity contribution in [1.82, 2.24) is 0 Å². The highest BCUT2D eigenvalue weighted by molar-refractivity contribution is 5.28. The Kier molecular flexibility index (Phi) is 5.29. The van der Waals surface area contributed by atoms with Crippen molar-refractivity contribution in [3.63, 3.8) is 0 Å². The molecule has 0 fully saturated rings. The summed E-state index contributed by atoms with van der Waals surface area (Å²) in [5.41, 5.74) is 12.9. The van der Waals surface area contributed by atoms with Crippen LogP contribution in [-0.2, 0) is 0 Å². The van der Waals surface area contributed by atoms with Gasteiger partial charge < -0.3 is 16.2 Å². The first-order chi connectivity index (χ1) is 7.63. The van der Waals surface area contributed by atoms with E-state index in [2.05, 4.69) is 0 Å². The smallest absolute Gasteiger partial charge is 0.119 e. The predicted octanol–water partition coefficient (Wildman–Crippen LogP) is 2.21. The number of hydrogen-bond acceptors (Lipinski definition) is 3. The highest BCUT2D eigenvalue weighted by atomic mass is 16.5. The molecule has 0 spiro atoms. The fourth-order valence-corrected chi connectivity index (χ4v) is 1.59. The van der Waals surface area contributed by atoms with E-state index < -0.39 is 0 Å². The van der Waals surface area contributed by atoms with E-state index >= 15 is 0 Å². The van der Waals surface area contributed by atoms with Crippen molar-refractivity contribution in [2.75, 3.05) is 6.61 Å². The topological polar surface area (TPSA) is 61.3 Å². The molecular weight excluding hydrogens is 200 g/mol. The second-order valence-corrected chi connectivity index (χ2v) is 4.16. The Morgan fingerprint density at radius 1 is 1.12 bits per heavy atom. The van der Waals surface area contributed by atoms with Gasteiger partial charge >= 0.3 is 0 Å². The molecule has 3 nitrogen and oxygen atoms in total. The molecule has 90 valence electrons. The molecule has 0 aromatic heterocycles. The molecule has 0 saturated carbocycles. The monoisotopic (exact) mass is 222 g/mol. The second kappa shape index (κ2) is 6.51. The molecule has 0 heterocycles. The van der Waals surface area contributed by atoms with E-state index in [0.717, 1.165) is 24.2 Å². The molecule has 2 unspecified atom stereocenters. The zero-order valence-electron chi connectivity index (χ0n) is 10.1. The third kappa shape index (κ3) is 4.21. The van der Waals surface area contributed by atoms with Crippen molar-refractivity contribution in [2.45, 2.75) is 38.8 Å². The molecule has 1 aromatic rings. The van der Waals surface area contributed by atoms with Crippen molar-refractivity contribution >= 4 is 0 Å². The quantitative estimate of drug-likeness (QED) is 0.775. The van der Waals surface area contributed by atoms with Crippen LogP contribution in [0.1, 0.15) is 38.3 Å². The van der Waals surface area contributed by atoms with E-state index in [-0.39, 0.29) is 12.1 Å². The van der Waals surface area contributed by atoms with Crippen molar-refractivity contribution < 1.29 is 4.74 Å². The molecule has 0 radical (unpaired) electrons. The lowest BCUT2D eigenvalue weighted by Gasteiger charge is -2.14. The molecule has 1 rings (SSSR count). The third-order valence-electron chi connectivity index (χ3n) is 2.55. The molecule has 2 atom stereocenters. The Morgan fingerprint density at radius 2 is 1.75 bits per heavy atom. The fraction of sp³-hybridized carbons (Fsp3) is 0.538. The van der Waals surface area contributed by atoms with E-state index in [1.54, 1.807) is 0 Å². The number of benzene rings is 1. The van der Waals surface area contributed by atoms with Gasteiger partial charge in [-0.05, 0) is 44.4 Å². The number of nitrogens with two attached hydrogens (primary N) is 2. The number of hydrogen-bond donors (Lipinski definition) is 2. The van der Waals surface area contributed by atoms with Gasteiger partial charge in [0.25, 0.3) is 0 Å². The van der Waals surface area contributed by atoms with Crippen LogP contribution < -0.4 is 16.2 Å². The number of ether oxygens (including phenoxy) is 1. The maximum absolute atomic E-state index is 6.07. The van der Waals surface area contributed by atoms with Gasteiger partial charge in [0.15, 0.2) is 0 Å². The van der Waals surface area contributed by atoms with Gasteiger partial charge in [-0.3, -0.25) is 0 Å². The van der Waals surface area contributed by atoms with Gasteiger partial charge in [0.05, 0.1) is 6.61 Å². The minimum Gasteiger partial charge on any atom is -0.494 e. The summed E-state index contributed by atoms with van der Waals surface area (Å²) in [6, 6.07) is 8.26. The lowest BCUT2D eigenvalue weighted by atomic mass is 10.0. The average molecular weight is 222 g/mol. The summed E-state index contributed by atoms with van der Waals surface area (Å²) >= 11 is 0. The largest absolute Gasteiger partial charge is 0.494 e. The first-order valence-corrected chi connectivity index (χ1v) is 5.87. The van der Waals surface area contributed by atoms with Crippen LogP contribution in [-0.4, -0.2) is 12.6 Å². The van der Waals surface area contributed by atoms with Crippen LogP contribution >= 0.6 is 0 Å². The summed E-state index contributed by atoms with van der Waals surface area (Å²) in [6.07, 6.45) is 1.88. The lowest BCUT2D eigenvalue weighted by Crippen LogP contribution is -2.18. The highest BCUT2D eigenvalue weighted by Gasteiger charge is 2.07.